The van der Waals surface area contributed by atoms with E-state index in [9.17, 15) is 18.0 Å². The molecule has 1 aromatic carbocycles. The van der Waals surface area contributed by atoms with Crippen molar-refractivity contribution in [2.75, 3.05) is 38.2 Å². The van der Waals surface area contributed by atoms with Gasteiger partial charge in [-0.15, -0.1) is 11.3 Å². The Kier molecular flexibility index (Phi) is 7.48. The molecule has 1 fully saturated rings. The highest BCUT2D eigenvalue weighted by Gasteiger charge is 2.28. The van der Waals surface area contributed by atoms with E-state index in [-0.39, 0.29) is 11.5 Å². The smallest absolute Gasteiger partial charge is 0.341 e. The summed E-state index contributed by atoms with van der Waals surface area (Å²) in [4.78, 5) is 26.9. The van der Waals surface area contributed by atoms with Gasteiger partial charge in [-0.1, -0.05) is 6.42 Å². The van der Waals surface area contributed by atoms with Crippen molar-refractivity contribution < 1.29 is 27.5 Å². The van der Waals surface area contributed by atoms with Crippen molar-refractivity contribution in [2.24, 2.45) is 0 Å². The van der Waals surface area contributed by atoms with E-state index in [0.29, 0.717) is 42.4 Å². The minimum Gasteiger partial charge on any atom is -0.462 e. The summed E-state index contributed by atoms with van der Waals surface area (Å²) in [6, 6.07) is 5.86. The second-order valence-electron chi connectivity index (χ2n) is 7.98. The van der Waals surface area contributed by atoms with E-state index in [1.54, 1.807) is 6.92 Å². The predicted octanol–water partition coefficient (Wildman–Crippen LogP) is 3.47. The SMILES string of the molecule is CCOC(=O)c1c(NC(=O)c2ccc(S(=O)(=O)N3CCOCC3)cc2)sc2c1CCCCC2. The van der Waals surface area contributed by atoms with E-state index in [2.05, 4.69) is 5.32 Å². The molecule has 0 atom stereocenters. The summed E-state index contributed by atoms with van der Waals surface area (Å²) in [6.07, 6.45) is 4.86. The number of hydrogen-bond acceptors (Lipinski definition) is 7. The Hall–Kier alpha value is -2.27. The molecule has 0 unspecified atom stereocenters. The zero-order chi connectivity index (χ0) is 23.4. The molecule has 2 heterocycles. The minimum absolute atomic E-state index is 0.135. The number of rotatable bonds is 6. The molecule has 0 spiro atoms. The van der Waals surface area contributed by atoms with Crippen LogP contribution in [0.15, 0.2) is 29.2 Å². The highest BCUT2D eigenvalue weighted by atomic mass is 32.2. The Labute approximate surface area is 197 Å². The van der Waals surface area contributed by atoms with Crippen molar-refractivity contribution in [1.29, 1.82) is 0 Å². The molecule has 1 aromatic heterocycles. The van der Waals surface area contributed by atoms with Gasteiger partial charge in [-0.2, -0.15) is 4.31 Å². The second-order valence-corrected chi connectivity index (χ2v) is 11.0. The van der Waals surface area contributed by atoms with Crippen LogP contribution in [0, 0.1) is 0 Å². The molecule has 1 aliphatic carbocycles. The molecule has 1 aliphatic heterocycles. The monoisotopic (exact) mass is 492 g/mol. The third-order valence-electron chi connectivity index (χ3n) is 5.85. The lowest BCUT2D eigenvalue weighted by Gasteiger charge is -2.26. The zero-order valence-electron chi connectivity index (χ0n) is 18.6. The van der Waals surface area contributed by atoms with E-state index >= 15 is 0 Å². The van der Waals surface area contributed by atoms with Crippen LogP contribution < -0.4 is 5.32 Å². The lowest BCUT2D eigenvalue weighted by atomic mass is 10.1. The number of carbonyl (C=O) groups is 2. The van der Waals surface area contributed by atoms with Gasteiger partial charge in [0.2, 0.25) is 10.0 Å². The summed E-state index contributed by atoms with van der Waals surface area (Å²) in [5.41, 5.74) is 1.76. The maximum Gasteiger partial charge on any atom is 0.341 e. The molecule has 33 heavy (non-hydrogen) atoms. The largest absolute Gasteiger partial charge is 0.462 e. The third kappa shape index (κ3) is 5.13. The number of fused-ring (bicyclic) bond motifs is 1. The van der Waals surface area contributed by atoms with Gasteiger partial charge in [0.25, 0.3) is 5.91 Å². The number of nitrogens with one attached hydrogen (secondary N) is 1. The number of esters is 1. The summed E-state index contributed by atoms with van der Waals surface area (Å²) in [5.74, 6) is -0.813. The second kappa shape index (κ2) is 10.3. The highest BCUT2D eigenvalue weighted by Crippen LogP contribution is 2.38. The average Bonchev–Trinajstić information content (AvgIpc) is 3.00. The first-order valence-corrected chi connectivity index (χ1v) is 13.5. The lowest BCUT2D eigenvalue weighted by molar-refractivity contribution is 0.0527. The van der Waals surface area contributed by atoms with Crippen LogP contribution >= 0.6 is 11.3 Å². The number of aryl methyl sites for hydroxylation is 1. The summed E-state index contributed by atoms with van der Waals surface area (Å²) >= 11 is 1.43. The number of nitrogens with zero attached hydrogens (tertiary/aromatic N) is 1. The van der Waals surface area contributed by atoms with Crippen molar-refractivity contribution >= 4 is 38.2 Å². The molecule has 8 nitrogen and oxygen atoms in total. The van der Waals surface area contributed by atoms with Crippen molar-refractivity contribution in [3.63, 3.8) is 0 Å². The van der Waals surface area contributed by atoms with Crippen molar-refractivity contribution in [3.8, 4) is 0 Å². The fourth-order valence-electron chi connectivity index (χ4n) is 4.14. The fourth-order valence-corrected chi connectivity index (χ4v) is 6.82. The van der Waals surface area contributed by atoms with Gasteiger partial charge in [0.05, 0.1) is 30.3 Å². The Morgan fingerprint density at radius 3 is 2.48 bits per heavy atom. The van der Waals surface area contributed by atoms with Crippen LogP contribution in [-0.2, 0) is 32.3 Å². The van der Waals surface area contributed by atoms with Gasteiger partial charge in [-0.25, -0.2) is 13.2 Å². The molecule has 10 heteroatoms. The molecule has 1 saturated heterocycles. The molecule has 0 bridgehead atoms. The normalized spacial score (nSPS) is 17.1. The van der Waals surface area contributed by atoms with Gasteiger partial charge in [-0.3, -0.25) is 4.79 Å². The van der Waals surface area contributed by atoms with E-state index in [0.717, 1.165) is 42.5 Å². The molecular weight excluding hydrogens is 464 g/mol. The van der Waals surface area contributed by atoms with Crippen LogP contribution in [0.25, 0.3) is 0 Å². The van der Waals surface area contributed by atoms with Gasteiger partial charge < -0.3 is 14.8 Å². The van der Waals surface area contributed by atoms with Crippen molar-refractivity contribution in [3.05, 3.63) is 45.8 Å². The number of morpholine rings is 1. The number of anilines is 1. The van der Waals surface area contributed by atoms with E-state index in [1.807, 2.05) is 0 Å². The number of hydrogen-bond donors (Lipinski definition) is 1. The molecule has 1 amide bonds. The first-order valence-electron chi connectivity index (χ1n) is 11.2. The summed E-state index contributed by atoms with van der Waals surface area (Å²) in [7, 11) is -3.63. The summed E-state index contributed by atoms with van der Waals surface area (Å²) < 4.78 is 37.5. The third-order valence-corrected chi connectivity index (χ3v) is 8.97. The lowest BCUT2D eigenvalue weighted by Crippen LogP contribution is -2.40. The standard InChI is InChI=1S/C23H28N2O6S2/c1-2-31-23(27)20-18-6-4-3-5-7-19(18)32-22(20)24-21(26)16-8-10-17(11-9-16)33(28,29)25-12-14-30-15-13-25/h8-11H,2-7,12-15H2,1H3,(H,24,26). The van der Waals surface area contributed by atoms with Gasteiger partial charge in [0.1, 0.15) is 5.00 Å². The Morgan fingerprint density at radius 1 is 1.09 bits per heavy atom. The van der Waals surface area contributed by atoms with E-state index in [4.69, 9.17) is 9.47 Å². The van der Waals surface area contributed by atoms with Crippen LogP contribution in [0.4, 0.5) is 5.00 Å². The maximum atomic E-state index is 13.0. The van der Waals surface area contributed by atoms with Gasteiger partial charge >= 0.3 is 5.97 Å². The van der Waals surface area contributed by atoms with Crippen LogP contribution in [0.1, 0.15) is 57.3 Å². The van der Waals surface area contributed by atoms with Crippen LogP contribution in [0.3, 0.4) is 0 Å². The minimum atomic E-state index is -3.63. The van der Waals surface area contributed by atoms with E-state index in [1.165, 1.54) is 39.9 Å². The molecule has 0 radical (unpaired) electrons. The van der Waals surface area contributed by atoms with E-state index < -0.39 is 21.9 Å². The predicted molar refractivity (Wildman–Crippen MR) is 126 cm³/mol. The molecule has 2 aliphatic rings. The average molecular weight is 493 g/mol. The first-order chi connectivity index (χ1) is 15.9. The highest BCUT2D eigenvalue weighted by molar-refractivity contribution is 7.89. The molecular formula is C23H28N2O6S2. The summed E-state index contributed by atoms with van der Waals surface area (Å²) in [5, 5.41) is 3.36. The Bertz CT molecular complexity index is 1120. The van der Waals surface area contributed by atoms with Gasteiger partial charge in [0.15, 0.2) is 0 Å². The Balaban J connectivity index is 1.55. The molecule has 0 saturated carbocycles. The molecule has 178 valence electrons. The zero-order valence-corrected chi connectivity index (χ0v) is 20.2. The van der Waals surface area contributed by atoms with Gasteiger partial charge in [0, 0.05) is 23.5 Å². The number of sulfonamides is 1. The molecule has 1 N–H and O–H groups in total. The van der Waals surface area contributed by atoms with Gasteiger partial charge in [-0.05, 0) is 62.4 Å². The number of thiophene rings is 1. The topological polar surface area (TPSA) is 102 Å². The van der Waals surface area contributed by atoms with Crippen molar-refractivity contribution in [2.45, 2.75) is 43.9 Å². The molecule has 4 rings (SSSR count). The first kappa shape index (κ1) is 23.9. The van der Waals surface area contributed by atoms with Crippen LogP contribution in [-0.4, -0.2) is 57.5 Å². The Morgan fingerprint density at radius 2 is 1.79 bits per heavy atom. The quantitative estimate of drug-likeness (QED) is 0.489. The molecule has 2 aromatic rings. The summed E-state index contributed by atoms with van der Waals surface area (Å²) in [6.45, 7) is 3.37. The van der Waals surface area contributed by atoms with Crippen LogP contribution in [0.5, 0.6) is 0 Å². The maximum absolute atomic E-state index is 13.0. The number of amides is 1. The number of carbonyl (C=O) groups excluding carboxylic acids is 2. The van der Waals surface area contributed by atoms with Crippen LogP contribution in [0.2, 0.25) is 0 Å². The number of benzene rings is 1. The number of ether oxygens (including phenoxy) is 2. The fraction of sp³-hybridized carbons (Fsp3) is 0.478. The van der Waals surface area contributed by atoms with Crippen molar-refractivity contribution in [1.82, 2.24) is 4.31 Å².